The Morgan fingerprint density at radius 3 is 1.52 bits per heavy atom. The fraction of sp³-hybridized carbons (Fsp3) is 0.636. The molecule has 0 aliphatic heterocycles. The summed E-state index contributed by atoms with van der Waals surface area (Å²) in [5.41, 5.74) is 5.71. The molecule has 6 rings (SSSR count). The number of fused-ring (bicyclic) bond motifs is 3. The first-order valence-electron chi connectivity index (χ1n) is 18.9. The maximum Gasteiger partial charge on any atom is 0.308 e. The van der Waals surface area contributed by atoms with E-state index in [-0.39, 0.29) is 50.2 Å². The Morgan fingerprint density at radius 1 is 0.712 bits per heavy atom. The SMILES string of the molecule is C.C.C=C.CC(C)C(=O)OC1CCCC1.CC(C)C1CCCCC1.CC(C)NS(=O)(=O)C1CC1.CC(C)ON=C1c2ccccc2-c2ccccc21. The van der Waals surface area contributed by atoms with Gasteiger partial charge >= 0.3 is 5.97 Å². The summed E-state index contributed by atoms with van der Waals surface area (Å²) in [6.07, 6.45) is 14.0. The zero-order valence-electron chi connectivity index (χ0n) is 32.2. The van der Waals surface area contributed by atoms with Crippen LogP contribution in [0.4, 0.5) is 0 Å². The minimum atomic E-state index is -2.94. The van der Waals surface area contributed by atoms with E-state index in [1.54, 1.807) is 0 Å². The van der Waals surface area contributed by atoms with Crippen molar-refractivity contribution in [2.45, 2.75) is 164 Å². The molecule has 8 heteroatoms. The summed E-state index contributed by atoms with van der Waals surface area (Å²) < 4.78 is 30.0. The van der Waals surface area contributed by atoms with Gasteiger partial charge in [-0.25, -0.2) is 13.1 Å². The molecule has 7 nitrogen and oxygen atoms in total. The fourth-order valence-electron chi connectivity index (χ4n) is 6.16. The van der Waals surface area contributed by atoms with E-state index < -0.39 is 10.0 Å². The maximum atomic E-state index is 11.1. The van der Waals surface area contributed by atoms with Gasteiger partial charge in [0, 0.05) is 17.2 Å². The van der Waals surface area contributed by atoms with Crippen LogP contribution >= 0.6 is 0 Å². The Bertz CT molecular complexity index is 1370. The number of ether oxygens (including phenoxy) is 1. The molecule has 4 aliphatic rings. The molecule has 0 heterocycles. The standard InChI is InChI=1S/C16H15NO.C9H16O2.C9H18.C6H13NO2S.C2H4.2CH4/c1-11(2)18-17-16-14-9-5-3-7-12(14)13-8-4-6-10-15(13)16;1-7(2)9(10)11-8-5-3-4-6-8;1-8(2)9-6-4-3-5-7-9;1-5(2)7-10(8,9)6-3-4-6;1-2;;/h3-11H,1-2H3;7-8H,3-6H2,1-2H3;8-9H,3-7H2,1-2H3;5-7H,3-4H2,1-2H3;1-2H2;2*1H4. The molecule has 0 bridgehead atoms. The molecule has 3 saturated carbocycles. The number of esters is 1. The molecule has 3 fully saturated rings. The monoisotopic (exact) mass is 743 g/mol. The molecule has 52 heavy (non-hydrogen) atoms. The number of hydrogen-bond donors (Lipinski definition) is 1. The Kier molecular flexibility index (Phi) is 23.7. The largest absolute Gasteiger partial charge is 0.462 e. The summed E-state index contributed by atoms with van der Waals surface area (Å²) in [6, 6.07) is 16.7. The van der Waals surface area contributed by atoms with Gasteiger partial charge in [0.2, 0.25) is 10.0 Å². The number of oxime groups is 1. The van der Waals surface area contributed by atoms with Gasteiger partial charge in [-0.05, 0) is 89.2 Å². The van der Waals surface area contributed by atoms with Crippen LogP contribution in [0.25, 0.3) is 11.1 Å². The van der Waals surface area contributed by atoms with Crippen LogP contribution in [0.15, 0.2) is 66.8 Å². The predicted octanol–water partition coefficient (Wildman–Crippen LogP) is 11.7. The van der Waals surface area contributed by atoms with Crippen molar-refractivity contribution in [2.24, 2.45) is 22.9 Å². The molecular formula is C44H74N2O5S. The number of sulfonamides is 1. The number of hydrogen-bond acceptors (Lipinski definition) is 6. The van der Waals surface area contributed by atoms with Crippen LogP contribution in [-0.2, 0) is 24.4 Å². The summed E-state index contributed by atoms with van der Waals surface area (Å²) in [7, 11) is -2.94. The van der Waals surface area contributed by atoms with Gasteiger partial charge in [-0.1, -0.05) is 128 Å². The summed E-state index contributed by atoms with van der Waals surface area (Å²) in [5.74, 6) is 1.97. The van der Waals surface area contributed by atoms with Gasteiger partial charge in [-0.2, -0.15) is 0 Å². The summed E-state index contributed by atoms with van der Waals surface area (Å²) in [4.78, 5) is 16.5. The normalized spacial score (nSPS) is 16.2. The highest BCUT2D eigenvalue weighted by molar-refractivity contribution is 7.90. The average molecular weight is 743 g/mol. The molecule has 0 aromatic heterocycles. The van der Waals surface area contributed by atoms with Crippen molar-refractivity contribution in [1.29, 1.82) is 0 Å². The van der Waals surface area contributed by atoms with Gasteiger partial charge in [0.25, 0.3) is 0 Å². The summed E-state index contributed by atoms with van der Waals surface area (Å²) >= 11 is 0. The van der Waals surface area contributed by atoms with Crippen LogP contribution in [0.5, 0.6) is 0 Å². The van der Waals surface area contributed by atoms with Gasteiger partial charge in [0.05, 0.1) is 11.2 Å². The van der Waals surface area contributed by atoms with Crippen LogP contribution in [0.1, 0.15) is 152 Å². The lowest BCUT2D eigenvalue weighted by Gasteiger charge is -2.24. The van der Waals surface area contributed by atoms with E-state index in [1.165, 1.54) is 56.1 Å². The zero-order chi connectivity index (χ0) is 37.3. The molecule has 0 spiro atoms. The van der Waals surface area contributed by atoms with Gasteiger partial charge in [0.1, 0.15) is 17.9 Å². The zero-order valence-corrected chi connectivity index (χ0v) is 33.1. The Hall–Kier alpha value is -2.97. The number of benzene rings is 2. The second-order valence-electron chi connectivity index (χ2n) is 14.8. The second-order valence-corrected chi connectivity index (χ2v) is 16.8. The topological polar surface area (TPSA) is 94.1 Å². The highest BCUT2D eigenvalue weighted by atomic mass is 32.2. The number of nitrogens with one attached hydrogen (secondary N) is 1. The first kappa shape index (κ1) is 49.0. The first-order chi connectivity index (χ1) is 23.8. The molecule has 0 amide bonds. The number of carbonyl (C=O) groups excluding carboxylic acids is 1. The number of rotatable bonds is 8. The van der Waals surface area contributed by atoms with Gasteiger partial charge in [-0.15, -0.1) is 13.2 Å². The van der Waals surface area contributed by atoms with E-state index >= 15 is 0 Å². The molecule has 4 aliphatic carbocycles. The van der Waals surface area contributed by atoms with Crippen LogP contribution < -0.4 is 4.72 Å². The molecule has 2 aromatic rings. The van der Waals surface area contributed by atoms with Crippen molar-refractivity contribution in [3.05, 3.63) is 72.8 Å². The van der Waals surface area contributed by atoms with Gasteiger partial charge in [-0.3, -0.25) is 4.79 Å². The molecular weight excluding hydrogens is 669 g/mol. The Labute approximate surface area is 319 Å². The van der Waals surface area contributed by atoms with Crippen molar-refractivity contribution in [3.8, 4) is 11.1 Å². The third-order valence-electron chi connectivity index (χ3n) is 9.02. The quantitative estimate of drug-likeness (QED) is 0.141. The Balaban J connectivity index is 0.000000675. The lowest BCUT2D eigenvalue weighted by molar-refractivity contribution is -0.152. The van der Waals surface area contributed by atoms with E-state index in [2.05, 4.69) is 73.3 Å². The predicted molar refractivity (Wildman–Crippen MR) is 223 cm³/mol. The Morgan fingerprint density at radius 2 is 1.15 bits per heavy atom. The third kappa shape index (κ3) is 16.8. The van der Waals surface area contributed by atoms with Crippen LogP contribution in [0.2, 0.25) is 0 Å². The van der Waals surface area contributed by atoms with Crippen molar-refractivity contribution < 1.29 is 22.8 Å². The van der Waals surface area contributed by atoms with E-state index in [0.717, 1.165) is 54.4 Å². The molecule has 0 radical (unpaired) electrons. The second kappa shape index (κ2) is 25.1. The van der Waals surface area contributed by atoms with E-state index in [4.69, 9.17) is 9.57 Å². The smallest absolute Gasteiger partial charge is 0.308 e. The van der Waals surface area contributed by atoms with Crippen LogP contribution in [0.3, 0.4) is 0 Å². The number of nitrogens with zero attached hydrogens (tertiary/aromatic N) is 1. The molecule has 0 unspecified atom stereocenters. The van der Waals surface area contributed by atoms with Crippen LogP contribution in [0, 0.1) is 17.8 Å². The van der Waals surface area contributed by atoms with Crippen molar-refractivity contribution >= 4 is 21.7 Å². The van der Waals surface area contributed by atoms with E-state index in [1.807, 2.05) is 53.7 Å². The lowest BCUT2D eigenvalue weighted by atomic mass is 9.82. The molecule has 0 atom stereocenters. The van der Waals surface area contributed by atoms with Crippen molar-refractivity contribution in [3.63, 3.8) is 0 Å². The average Bonchev–Trinajstić information content (AvgIpc) is 3.76. The van der Waals surface area contributed by atoms with Crippen molar-refractivity contribution in [1.82, 2.24) is 4.72 Å². The minimum Gasteiger partial charge on any atom is -0.462 e. The van der Waals surface area contributed by atoms with Crippen LogP contribution in [-0.4, -0.2) is 43.6 Å². The van der Waals surface area contributed by atoms with E-state index in [0.29, 0.717) is 0 Å². The first-order valence-corrected chi connectivity index (χ1v) is 20.5. The highest BCUT2D eigenvalue weighted by Crippen LogP contribution is 2.36. The summed E-state index contributed by atoms with van der Waals surface area (Å²) in [6.45, 7) is 22.1. The highest BCUT2D eigenvalue weighted by Gasteiger charge is 2.35. The van der Waals surface area contributed by atoms with Gasteiger partial charge < -0.3 is 9.57 Å². The summed E-state index contributed by atoms with van der Waals surface area (Å²) in [5, 5.41) is 4.23. The molecule has 2 aromatic carbocycles. The fourth-order valence-corrected chi connectivity index (χ4v) is 7.77. The molecule has 1 N–H and O–H groups in total. The maximum absolute atomic E-state index is 11.1. The number of carbonyl (C=O) groups is 1. The van der Waals surface area contributed by atoms with E-state index in [9.17, 15) is 13.2 Å². The molecule has 296 valence electrons. The van der Waals surface area contributed by atoms with Gasteiger partial charge in [0.15, 0.2) is 0 Å². The third-order valence-corrected chi connectivity index (χ3v) is 11.2. The lowest BCUT2D eigenvalue weighted by Crippen LogP contribution is -2.32. The minimum absolute atomic E-state index is 0. The van der Waals surface area contributed by atoms with Crippen molar-refractivity contribution in [2.75, 3.05) is 0 Å². The molecule has 0 saturated heterocycles.